The summed E-state index contributed by atoms with van der Waals surface area (Å²) in [5.74, 6) is 1.53. The topological polar surface area (TPSA) is 39.7 Å². The Hall–Kier alpha value is -0.590. The third kappa shape index (κ3) is 4.69. The Morgan fingerprint density at radius 2 is 2.29 bits per heavy atom. The van der Waals surface area contributed by atoms with E-state index in [0.29, 0.717) is 18.0 Å². The normalized spacial score (nSPS) is 23.8. The minimum atomic E-state index is 0.466. The molecule has 2 N–H and O–H groups in total. The van der Waals surface area contributed by atoms with Crippen LogP contribution in [0.4, 0.5) is 0 Å². The van der Waals surface area contributed by atoms with Gasteiger partial charge in [-0.15, -0.1) is 11.3 Å². The average Bonchev–Trinajstić information content (AvgIpc) is 3.01. The van der Waals surface area contributed by atoms with Crippen LogP contribution < -0.4 is 10.6 Å². The Kier molecular flexibility index (Phi) is 6.08. The zero-order chi connectivity index (χ0) is 15.4. The van der Waals surface area contributed by atoms with Crippen LogP contribution in [0.5, 0.6) is 0 Å². The molecule has 0 amide bonds. The molecule has 1 aromatic rings. The molecule has 21 heavy (non-hydrogen) atoms. The highest BCUT2D eigenvalue weighted by atomic mass is 79.9. The lowest BCUT2D eigenvalue weighted by molar-refractivity contribution is 0.265. The Labute approximate surface area is 140 Å². The number of hydrogen-bond acceptors (Lipinski definition) is 3. The van der Waals surface area contributed by atoms with Gasteiger partial charge in [0.15, 0.2) is 5.96 Å². The smallest absolute Gasteiger partial charge is 0.191 e. The molecular weight excluding hydrogens is 348 g/mol. The lowest BCUT2D eigenvalue weighted by Crippen LogP contribution is -2.46. The van der Waals surface area contributed by atoms with Crippen molar-refractivity contribution < 1.29 is 0 Å². The lowest BCUT2D eigenvalue weighted by atomic mass is 10.1. The summed E-state index contributed by atoms with van der Waals surface area (Å²) in [5.41, 5.74) is 0. The van der Waals surface area contributed by atoms with Gasteiger partial charge < -0.3 is 10.6 Å². The summed E-state index contributed by atoms with van der Waals surface area (Å²) in [7, 11) is 1.83. The Bertz CT molecular complexity index is 486. The summed E-state index contributed by atoms with van der Waals surface area (Å²) < 4.78 is 1.14. The van der Waals surface area contributed by atoms with Crippen molar-refractivity contribution in [3.8, 4) is 0 Å². The van der Waals surface area contributed by atoms with Gasteiger partial charge in [-0.05, 0) is 41.8 Å². The van der Waals surface area contributed by atoms with Gasteiger partial charge in [-0.25, -0.2) is 0 Å². The Morgan fingerprint density at radius 1 is 1.52 bits per heavy atom. The van der Waals surface area contributed by atoms with E-state index in [1.807, 2.05) is 7.05 Å². The van der Waals surface area contributed by atoms with Crippen LogP contribution in [0.15, 0.2) is 20.9 Å². The van der Waals surface area contributed by atoms with Crippen molar-refractivity contribution in [1.29, 1.82) is 0 Å². The minimum Gasteiger partial charge on any atom is -0.352 e. The van der Waals surface area contributed by atoms with Gasteiger partial charge in [0.25, 0.3) is 0 Å². The summed E-state index contributed by atoms with van der Waals surface area (Å²) in [5, 5.41) is 9.07. The predicted octanol–water partition coefficient (Wildman–Crippen LogP) is 2.90. The second-order valence-electron chi connectivity index (χ2n) is 5.93. The Balaban J connectivity index is 1.85. The van der Waals surface area contributed by atoms with Crippen LogP contribution in [0.3, 0.4) is 0 Å². The van der Waals surface area contributed by atoms with Crippen LogP contribution >= 0.6 is 27.3 Å². The van der Waals surface area contributed by atoms with Gasteiger partial charge in [-0.2, -0.15) is 0 Å². The molecule has 2 rings (SSSR count). The fraction of sp³-hybridized carbons (Fsp3) is 0.667. The highest BCUT2D eigenvalue weighted by Crippen LogP contribution is 2.20. The van der Waals surface area contributed by atoms with E-state index in [2.05, 4.69) is 68.7 Å². The fourth-order valence-corrected chi connectivity index (χ4v) is 3.99. The van der Waals surface area contributed by atoms with Crippen molar-refractivity contribution in [3.63, 3.8) is 0 Å². The largest absolute Gasteiger partial charge is 0.352 e. The molecule has 1 aliphatic rings. The molecule has 0 spiro atoms. The third-order valence-electron chi connectivity index (χ3n) is 3.97. The predicted molar refractivity (Wildman–Crippen MR) is 95.0 cm³/mol. The molecular formula is C15H25BrN4S. The van der Waals surface area contributed by atoms with Crippen LogP contribution in [0, 0.1) is 5.92 Å². The number of hydrogen-bond donors (Lipinski definition) is 2. The summed E-state index contributed by atoms with van der Waals surface area (Å²) in [6, 6.07) is 3.22. The van der Waals surface area contributed by atoms with E-state index in [1.165, 1.54) is 4.88 Å². The lowest BCUT2D eigenvalue weighted by Gasteiger charge is -2.21. The van der Waals surface area contributed by atoms with E-state index in [4.69, 9.17) is 0 Å². The summed E-state index contributed by atoms with van der Waals surface area (Å²) in [4.78, 5) is 8.17. The summed E-state index contributed by atoms with van der Waals surface area (Å²) >= 11 is 5.24. The molecule has 2 atom stereocenters. The maximum atomic E-state index is 4.35. The van der Waals surface area contributed by atoms with E-state index < -0.39 is 0 Å². The zero-order valence-electron chi connectivity index (χ0n) is 13.2. The molecule has 0 radical (unpaired) electrons. The van der Waals surface area contributed by atoms with E-state index >= 15 is 0 Å². The van der Waals surface area contributed by atoms with Gasteiger partial charge >= 0.3 is 0 Å². The van der Waals surface area contributed by atoms with Crippen molar-refractivity contribution in [2.24, 2.45) is 10.9 Å². The standard InChI is InChI=1S/C15H25BrN4S/c1-10(2)20-7-11(3)14(8-20)19-15(17-4)18-6-13-5-12(16)9-21-13/h5,9-11,14H,6-8H2,1-4H3,(H2,17,18,19). The van der Waals surface area contributed by atoms with Gasteiger partial charge in [0.2, 0.25) is 0 Å². The van der Waals surface area contributed by atoms with Crippen molar-refractivity contribution >= 4 is 33.2 Å². The van der Waals surface area contributed by atoms with Crippen molar-refractivity contribution in [3.05, 3.63) is 20.8 Å². The molecule has 1 fully saturated rings. The number of aliphatic imine (C=N–C) groups is 1. The molecule has 0 saturated carbocycles. The molecule has 2 heterocycles. The van der Waals surface area contributed by atoms with Crippen molar-refractivity contribution in [2.75, 3.05) is 20.1 Å². The van der Waals surface area contributed by atoms with E-state index in [9.17, 15) is 0 Å². The zero-order valence-corrected chi connectivity index (χ0v) is 15.6. The van der Waals surface area contributed by atoms with Gasteiger partial charge in [0.05, 0.1) is 6.54 Å². The third-order valence-corrected chi connectivity index (χ3v) is 5.67. The molecule has 2 unspecified atom stereocenters. The monoisotopic (exact) mass is 372 g/mol. The van der Waals surface area contributed by atoms with Gasteiger partial charge in [-0.3, -0.25) is 9.89 Å². The summed E-state index contributed by atoms with van der Waals surface area (Å²) in [6.45, 7) is 9.89. The van der Waals surface area contributed by atoms with Crippen molar-refractivity contribution in [2.45, 2.75) is 39.4 Å². The number of likely N-dealkylation sites (tertiary alicyclic amines) is 1. The van der Waals surface area contributed by atoms with E-state index in [1.54, 1.807) is 11.3 Å². The maximum absolute atomic E-state index is 4.35. The first-order valence-electron chi connectivity index (χ1n) is 7.43. The Morgan fingerprint density at radius 3 is 2.81 bits per heavy atom. The van der Waals surface area contributed by atoms with Gasteiger partial charge in [-0.1, -0.05) is 6.92 Å². The first-order chi connectivity index (χ1) is 9.99. The van der Waals surface area contributed by atoms with Crippen LogP contribution in [0.2, 0.25) is 0 Å². The van der Waals surface area contributed by atoms with Gasteiger partial charge in [0, 0.05) is 47.0 Å². The minimum absolute atomic E-state index is 0.466. The highest BCUT2D eigenvalue weighted by Gasteiger charge is 2.31. The second kappa shape index (κ2) is 7.61. The molecule has 118 valence electrons. The van der Waals surface area contributed by atoms with Crippen LogP contribution in [0.1, 0.15) is 25.6 Å². The number of rotatable bonds is 4. The molecule has 1 aliphatic heterocycles. The molecule has 1 saturated heterocycles. The highest BCUT2D eigenvalue weighted by molar-refractivity contribution is 9.10. The maximum Gasteiger partial charge on any atom is 0.191 e. The van der Waals surface area contributed by atoms with E-state index in [0.717, 1.165) is 30.1 Å². The molecule has 4 nitrogen and oxygen atoms in total. The summed E-state index contributed by atoms with van der Waals surface area (Å²) in [6.07, 6.45) is 0. The number of halogens is 1. The quantitative estimate of drug-likeness (QED) is 0.630. The van der Waals surface area contributed by atoms with Crippen LogP contribution in [-0.4, -0.2) is 43.1 Å². The average molecular weight is 373 g/mol. The molecule has 0 aliphatic carbocycles. The molecule has 0 aromatic carbocycles. The number of nitrogens with zero attached hydrogens (tertiary/aromatic N) is 2. The number of thiophene rings is 1. The first kappa shape index (κ1) is 16.8. The van der Waals surface area contributed by atoms with Crippen molar-refractivity contribution in [1.82, 2.24) is 15.5 Å². The molecule has 0 bridgehead atoms. The van der Waals surface area contributed by atoms with E-state index in [-0.39, 0.29) is 0 Å². The fourth-order valence-electron chi connectivity index (χ4n) is 2.60. The van der Waals surface area contributed by atoms with Crippen LogP contribution in [0.25, 0.3) is 0 Å². The number of nitrogens with one attached hydrogen (secondary N) is 2. The first-order valence-corrected chi connectivity index (χ1v) is 9.11. The molecule has 1 aromatic heterocycles. The van der Waals surface area contributed by atoms with Gasteiger partial charge in [0.1, 0.15) is 0 Å². The second-order valence-corrected chi connectivity index (χ2v) is 7.84. The molecule has 6 heteroatoms. The SMILES string of the molecule is CN=C(NCc1cc(Br)cs1)NC1CN(C(C)C)CC1C. The van der Waals surface area contributed by atoms with Crippen LogP contribution in [-0.2, 0) is 6.54 Å². The number of guanidine groups is 1.